The van der Waals surface area contributed by atoms with Gasteiger partial charge in [-0.1, -0.05) is 0 Å². The van der Waals surface area contributed by atoms with Crippen molar-refractivity contribution in [1.29, 1.82) is 0 Å². The van der Waals surface area contributed by atoms with Crippen LogP contribution >= 0.6 is 0 Å². The summed E-state index contributed by atoms with van der Waals surface area (Å²) in [6.07, 6.45) is 5.59. The van der Waals surface area contributed by atoms with Gasteiger partial charge in [0, 0.05) is 11.9 Å². The van der Waals surface area contributed by atoms with Crippen molar-refractivity contribution in [2.24, 2.45) is 0 Å². The van der Waals surface area contributed by atoms with E-state index in [9.17, 15) is 0 Å². The first kappa shape index (κ1) is 27.0. The number of carbonyl (C=O) groups excluding carboxylic acids is 2. The van der Waals surface area contributed by atoms with E-state index in [1.807, 2.05) is 0 Å². The first-order valence-corrected chi connectivity index (χ1v) is 9.97. The first-order valence-electron chi connectivity index (χ1n) is 5.94. The van der Waals surface area contributed by atoms with E-state index in [1.54, 1.807) is 45.0 Å². The average molecular weight is 470 g/mol. The maximum absolute atomic E-state index is 8.89. The zero-order valence-electron chi connectivity index (χ0n) is 11.9. The van der Waals surface area contributed by atoms with Gasteiger partial charge in [-0.05, 0) is 13.8 Å². The van der Waals surface area contributed by atoms with Crippen molar-refractivity contribution in [2.45, 2.75) is 62.3 Å². The number of carbonyl (C=O) groups is 2. The van der Waals surface area contributed by atoms with Crippen LogP contribution in [0.4, 0.5) is 0 Å². The molecule has 0 aliphatic carbocycles. The van der Waals surface area contributed by atoms with Crippen LogP contribution in [0.3, 0.4) is 0 Å². The molecule has 0 aromatic carbocycles. The molecule has 0 heterocycles. The third-order valence-corrected chi connectivity index (χ3v) is 3.08. The molecule has 0 aromatic heterocycles. The Hall–Kier alpha value is 0.537. The van der Waals surface area contributed by atoms with Gasteiger partial charge < -0.3 is 19.8 Å². The van der Waals surface area contributed by atoms with Crippen LogP contribution in [-0.4, -0.2) is 57.0 Å². The quantitative estimate of drug-likeness (QED) is 0.553. The second-order valence-electron chi connectivity index (χ2n) is 3.19. The van der Waals surface area contributed by atoms with Crippen molar-refractivity contribution < 1.29 is 19.8 Å². The SMILES string of the molecule is CC(=O)[O-].CC(=O)[O-].CCC[CH2][Sn+3].CCC[CH2][Sn+3]. The molecule has 6 heteroatoms. The van der Waals surface area contributed by atoms with Crippen LogP contribution < -0.4 is 10.2 Å². The molecular weight excluding hydrogens is 446 g/mol. The molecule has 0 aliphatic heterocycles. The van der Waals surface area contributed by atoms with Crippen LogP contribution in [0.1, 0.15) is 53.4 Å². The summed E-state index contributed by atoms with van der Waals surface area (Å²) in [4.78, 5) is 17.8. The van der Waals surface area contributed by atoms with Crippen molar-refractivity contribution >= 4 is 57.0 Å². The molecule has 0 atom stereocenters. The van der Waals surface area contributed by atoms with Crippen molar-refractivity contribution in [2.75, 3.05) is 0 Å². The van der Waals surface area contributed by atoms with Crippen LogP contribution in [-0.2, 0) is 9.59 Å². The average Bonchev–Trinajstić information content (AvgIpc) is 2.19. The van der Waals surface area contributed by atoms with E-state index in [-0.39, 0.29) is 0 Å². The Kier molecular flexibility index (Phi) is 45.7. The number of rotatable bonds is 4. The summed E-state index contributed by atoms with van der Waals surface area (Å²) < 4.78 is 2.87. The zero-order valence-corrected chi connectivity index (χ0v) is 17.6. The van der Waals surface area contributed by atoms with E-state index >= 15 is 0 Å². The minimum atomic E-state index is -1.08. The molecule has 0 amide bonds. The number of hydrogen-bond donors (Lipinski definition) is 0. The molecule has 0 fully saturated rings. The summed E-state index contributed by atoms with van der Waals surface area (Å²) >= 11 is 3.37. The molecule has 0 aromatic rings. The van der Waals surface area contributed by atoms with Crippen LogP contribution in [0.5, 0.6) is 0 Å². The molecule has 0 saturated carbocycles. The maximum atomic E-state index is 8.89. The van der Waals surface area contributed by atoms with Gasteiger partial charge in [-0.3, -0.25) is 0 Å². The predicted octanol–water partition coefficient (Wildman–Crippen LogP) is 0.259. The summed E-state index contributed by atoms with van der Waals surface area (Å²) in [6, 6.07) is 0. The fraction of sp³-hybridized carbons (Fsp3) is 0.833. The van der Waals surface area contributed by atoms with E-state index in [0.29, 0.717) is 0 Å². The van der Waals surface area contributed by atoms with Gasteiger partial charge in [-0.15, -0.1) is 0 Å². The zero-order chi connectivity index (χ0) is 15.4. The molecule has 0 radical (unpaired) electrons. The molecule has 0 unspecified atom stereocenters. The molecule has 0 rings (SSSR count). The van der Waals surface area contributed by atoms with E-state index in [1.165, 1.54) is 34.6 Å². The number of aliphatic carboxylic acids is 2. The Morgan fingerprint density at radius 2 is 1.00 bits per heavy atom. The van der Waals surface area contributed by atoms with E-state index in [4.69, 9.17) is 19.8 Å². The Balaban J connectivity index is -0.0000000731. The summed E-state index contributed by atoms with van der Waals surface area (Å²) in [5.41, 5.74) is 0. The van der Waals surface area contributed by atoms with E-state index < -0.39 is 11.9 Å². The molecule has 0 aliphatic rings. The van der Waals surface area contributed by atoms with Crippen molar-refractivity contribution in [3.63, 3.8) is 0 Å². The van der Waals surface area contributed by atoms with Crippen LogP contribution in [0, 0.1) is 0 Å². The monoisotopic (exact) mass is 472 g/mol. The van der Waals surface area contributed by atoms with Gasteiger partial charge in [0.05, 0.1) is 0 Å². The van der Waals surface area contributed by atoms with Gasteiger partial charge in [-0.2, -0.15) is 0 Å². The minimum absolute atomic E-state index is 0.972. The molecule has 0 saturated heterocycles. The summed E-state index contributed by atoms with van der Waals surface area (Å²) in [7, 11) is 0. The summed E-state index contributed by atoms with van der Waals surface area (Å²) in [5.74, 6) is -2.17. The van der Waals surface area contributed by atoms with Crippen molar-refractivity contribution in [1.82, 2.24) is 0 Å². The molecule has 0 bridgehead atoms. The third kappa shape index (κ3) is 194. The predicted molar refractivity (Wildman–Crippen MR) is 72.3 cm³/mol. The number of carboxylic acid groups (broad SMARTS) is 2. The van der Waals surface area contributed by atoms with Crippen LogP contribution in [0.2, 0.25) is 8.87 Å². The van der Waals surface area contributed by atoms with Crippen LogP contribution in [0.15, 0.2) is 0 Å². The fourth-order valence-corrected chi connectivity index (χ4v) is 2.37. The Labute approximate surface area is 138 Å². The van der Waals surface area contributed by atoms with E-state index in [0.717, 1.165) is 13.8 Å². The second kappa shape index (κ2) is 30.5. The van der Waals surface area contributed by atoms with Crippen LogP contribution in [0.25, 0.3) is 0 Å². The Morgan fingerprint density at radius 1 is 0.833 bits per heavy atom. The molecule has 18 heavy (non-hydrogen) atoms. The van der Waals surface area contributed by atoms with Gasteiger partial charge >= 0.3 is 93.5 Å². The third-order valence-electron chi connectivity index (χ3n) is 1.06. The molecule has 0 N–H and O–H groups in total. The topological polar surface area (TPSA) is 80.3 Å². The standard InChI is InChI=1S/2C4H9.2C2H4O2.2Sn/c2*1-3-4-2;2*1-2(3)4;;/h2*1,3-4H2,2H3;2*1H3,(H,3,4);;/q;;;;2*+3/p-2. The molecule has 100 valence electrons. The number of carboxylic acids is 2. The molecular formula is C12H24O4Sn2+4. The van der Waals surface area contributed by atoms with E-state index in [2.05, 4.69) is 13.8 Å². The first-order chi connectivity index (χ1) is 8.29. The van der Waals surface area contributed by atoms with Crippen molar-refractivity contribution in [3.8, 4) is 0 Å². The summed E-state index contributed by atoms with van der Waals surface area (Å²) in [6.45, 7) is 6.40. The Bertz CT molecular complexity index is 134. The fourth-order valence-electron chi connectivity index (χ4n) is 0.354. The van der Waals surface area contributed by atoms with Gasteiger partial charge in [-0.25, -0.2) is 0 Å². The van der Waals surface area contributed by atoms with Gasteiger partial charge in [0.25, 0.3) is 0 Å². The van der Waals surface area contributed by atoms with Gasteiger partial charge in [0.15, 0.2) is 0 Å². The van der Waals surface area contributed by atoms with Crippen molar-refractivity contribution in [3.05, 3.63) is 0 Å². The normalized spacial score (nSPS) is 7.56. The number of unbranched alkanes of at least 4 members (excludes halogenated alkanes) is 2. The van der Waals surface area contributed by atoms with Gasteiger partial charge in [0.1, 0.15) is 0 Å². The number of hydrogen-bond acceptors (Lipinski definition) is 4. The summed E-state index contributed by atoms with van der Waals surface area (Å²) in [5, 5.41) is 17.8. The second-order valence-corrected chi connectivity index (χ2v) is 6.04. The molecule has 4 nitrogen and oxygen atoms in total. The Morgan fingerprint density at radius 3 is 1.00 bits per heavy atom. The molecule has 0 spiro atoms. The van der Waals surface area contributed by atoms with Gasteiger partial charge in [0.2, 0.25) is 0 Å².